The first-order chi connectivity index (χ1) is 8.15. The van der Waals surface area contributed by atoms with Gasteiger partial charge in [-0.1, -0.05) is 5.16 Å². The molecule has 5 heteroatoms. The van der Waals surface area contributed by atoms with E-state index in [4.69, 9.17) is 10.3 Å². The molecule has 0 aliphatic carbocycles. The Kier molecular flexibility index (Phi) is 1.89. The molecule has 0 atom stereocenters. The van der Waals surface area contributed by atoms with Gasteiger partial charge in [-0.3, -0.25) is 0 Å². The lowest BCUT2D eigenvalue weighted by atomic mass is 10.2. The predicted octanol–water partition coefficient (Wildman–Crippen LogP) is 2.12. The third kappa shape index (κ3) is 1.44. The molecule has 2 heterocycles. The van der Waals surface area contributed by atoms with Crippen LogP contribution in [0.25, 0.3) is 22.3 Å². The number of aromatic hydroxyl groups is 1. The molecule has 0 aliphatic heterocycles. The van der Waals surface area contributed by atoms with Crippen LogP contribution in [0.15, 0.2) is 34.9 Å². The molecule has 1 aromatic carbocycles. The van der Waals surface area contributed by atoms with E-state index in [0.717, 1.165) is 16.6 Å². The molecule has 0 radical (unpaired) electrons. The van der Waals surface area contributed by atoms with Gasteiger partial charge in [0.2, 0.25) is 5.88 Å². The van der Waals surface area contributed by atoms with E-state index in [2.05, 4.69) is 5.16 Å². The number of nitrogens with zero attached hydrogens (tertiary/aromatic N) is 2. The monoisotopic (exact) mass is 229 g/mol. The Balaban J connectivity index is 2.27. The van der Waals surface area contributed by atoms with Crippen LogP contribution in [0.1, 0.15) is 0 Å². The minimum Gasteiger partial charge on any atom is -0.508 e. The molecule has 0 saturated heterocycles. The van der Waals surface area contributed by atoms with Crippen molar-refractivity contribution >= 4 is 16.8 Å². The fourth-order valence-electron chi connectivity index (χ4n) is 1.99. The molecule has 17 heavy (non-hydrogen) atoms. The minimum atomic E-state index is 0.245. The van der Waals surface area contributed by atoms with E-state index >= 15 is 0 Å². The number of phenols is 1. The first-order valence-corrected chi connectivity index (χ1v) is 5.16. The summed E-state index contributed by atoms with van der Waals surface area (Å²) in [5.41, 5.74) is 8.09. The maximum atomic E-state index is 9.44. The minimum absolute atomic E-state index is 0.245. The third-order valence-electron chi connectivity index (χ3n) is 2.82. The third-order valence-corrected chi connectivity index (χ3v) is 2.82. The Morgan fingerprint density at radius 1 is 1.29 bits per heavy atom. The van der Waals surface area contributed by atoms with Gasteiger partial charge < -0.3 is 19.9 Å². The lowest BCUT2D eigenvalue weighted by Crippen LogP contribution is -1.90. The second-order valence-electron chi connectivity index (χ2n) is 3.95. The van der Waals surface area contributed by atoms with E-state index in [1.807, 2.05) is 23.7 Å². The molecular weight excluding hydrogens is 218 g/mol. The van der Waals surface area contributed by atoms with E-state index in [0.29, 0.717) is 5.69 Å². The molecule has 3 rings (SSSR count). The summed E-state index contributed by atoms with van der Waals surface area (Å²) >= 11 is 0. The Morgan fingerprint density at radius 2 is 2.12 bits per heavy atom. The van der Waals surface area contributed by atoms with Gasteiger partial charge in [-0.05, 0) is 24.3 Å². The SMILES string of the molecule is Cn1c(-c2cc(N)on2)cc2cc(O)ccc21. The van der Waals surface area contributed by atoms with Gasteiger partial charge in [0.15, 0.2) is 0 Å². The number of hydrogen-bond acceptors (Lipinski definition) is 4. The highest BCUT2D eigenvalue weighted by atomic mass is 16.5. The maximum absolute atomic E-state index is 9.44. The lowest BCUT2D eigenvalue weighted by Gasteiger charge is -1.99. The Hall–Kier alpha value is -2.43. The van der Waals surface area contributed by atoms with E-state index in [-0.39, 0.29) is 11.6 Å². The number of nitrogen functional groups attached to an aromatic ring is 1. The molecule has 0 unspecified atom stereocenters. The number of rotatable bonds is 1. The zero-order valence-corrected chi connectivity index (χ0v) is 9.21. The van der Waals surface area contributed by atoms with Crippen molar-refractivity contribution in [2.24, 2.45) is 7.05 Å². The molecule has 86 valence electrons. The quantitative estimate of drug-likeness (QED) is 0.670. The molecule has 0 saturated carbocycles. The first kappa shape index (κ1) is 9.77. The molecule has 3 aromatic rings. The van der Waals surface area contributed by atoms with Crippen LogP contribution in [-0.4, -0.2) is 14.8 Å². The highest BCUT2D eigenvalue weighted by molar-refractivity contribution is 5.87. The van der Waals surface area contributed by atoms with Crippen LogP contribution in [-0.2, 0) is 7.05 Å². The molecule has 0 fully saturated rings. The summed E-state index contributed by atoms with van der Waals surface area (Å²) in [6.45, 7) is 0. The summed E-state index contributed by atoms with van der Waals surface area (Å²) in [6, 6.07) is 8.84. The summed E-state index contributed by atoms with van der Waals surface area (Å²) in [7, 11) is 1.93. The van der Waals surface area contributed by atoms with Crippen LogP contribution in [0.5, 0.6) is 5.75 Å². The van der Waals surface area contributed by atoms with Crippen molar-refractivity contribution in [1.29, 1.82) is 0 Å². The second kappa shape index (κ2) is 3.28. The standard InChI is InChI=1S/C12H11N3O2/c1-15-10-3-2-8(16)4-7(10)5-11(15)9-6-12(13)17-14-9/h2-6,16H,13H2,1H3. The molecule has 0 bridgehead atoms. The van der Waals surface area contributed by atoms with Gasteiger partial charge in [0.05, 0.1) is 5.69 Å². The van der Waals surface area contributed by atoms with Gasteiger partial charge in [-0.15, -0.1) is 0 Å². The number of nitrogens with two attached hydrogens (primary N) is 1. The topological polar surface area (TPSA) is 77.2 Å². The average Bonchev–Trinajstić information content (AvgIpc) is 2.83. The number of benzene rings is 1. The van der Waals surface area contributed by atoms with Crippen molar-refractivity contribution in [2.75, 3.05) is 5.73 Å². The normalized spacial score (nSPS) is 11.1. The van der Waals surface area contributed by atoms with Crippen LogP contribution >= 0.6 is 0 Å². The zero-order chi connectivity index (χ0) is 12.0. The van der Waals surface area contributed by atoms with Crippen molar-refractivity contribution in [3.63, 3.8) is 0 Å². The smallest absolute Gasteiger partial charge is 0.222 e. The molecule has 5 nitrogen and oxygen atoms in total. The molecule has 3 N–H and O–H groups in total. The van der Waals surface area contributed by atoms with Crippen molar-refractivity contribution in [3.05, 3.63) is 30.3 Å². The fourth-order valence-corrected chi connectivity index (χ4v) is 1.99. The molecule has 0 amide bonds. The summed E-state index contributed by atoms with van der Waals surface area (Å²) < 4.78 is 6.84. The van der Waals surface area contributed by atoms with Crippen molar-refractivity contribution in [1.82, 2.24) is 9.72 Å². The Bertz CT molecular complexity index is 697. The molecule has 2 aromatic heterocycles. The Morgan fingerprint density at radius 3 is 2.82 bits per heavy atom. The summed E-state index contributed by atoms with van der Waals surface area (Å²) in [6.07, 6.45) is 0. The van der Waals surface area contributed by atoms with Gasteiger partial charge in [-0.2, -0.15) is 0 Å². The van der Waals surface area contributed by atoms with Gasteiger partial charge >= 0.3 is 0 Å². The number of anilines is 1. The summed E-state index contributed by atoms with van der Waals surface area (Å²) in [5.74, 6) is 0.530. The maximum Gasteiger partial charge on any atom is 0.222 e. The van der Waals surface area contributed by atoms with Gasteiger partial charge in [0, 0.05) is 24.0 Å². The highest BCUT2D eigenvalue weighted by Gasteiger charge is 2.11. The fraction of sp³-hybridized carbons (Fsp3) is 0.0833. The van der Waals surface area contributed by atoms with Crippen LogP contribution in [0.4, 0.5) is 5.88 Å². The van der Waals surface area contributed by atoms with Crippen LogP contribution in [0.2, 0.25) is 0 Å². The number of phenolic OH excluding ortho intramolecular Hbond substituents is 1. The highest BCUT2D eigenvalue weighted by Crippen LogP contribution is 2.29. The number of aryl methyl sites for hydroxylation is 1. The Labute approximate surface area is 97.1 Å². The molecule has 0 aliphatic rings. The summed E-state index contributed by atoms with van der Waals surface area (Å²) in [4.78, 5) is 0. The largest absolute Gasteiger partial charge is 0.508 e. The van der Waals surface area contributed by atoms with Crippen LogP contribution in [0, 0.1) is 0 Å². The van der Waals surface area contributed by atoms with E-state index in [1.165, 1.54) is 0 Å². The van der Waals surface area contributed by atoms with Crippen molar-refractivity contribution in [3.8, 4) is 17.1 Å². The van der Waals surface area contributed by atoms with Crippen LogP contribution < -0.4 is 5.73 Å². The average molecular weight is 229 g/mol. The van der Waals surface area contributed by atoms with Crippen LogP contribution in [0.3, 0.4) is 0 Å². The predicted molar refractivity (Wildman–Crippen MR) is 64.5 cm³/mol. The number of hydrogen-bond donors (Lipinski definition) is 2. The van der Waals surface area contributed by atoms with Gasteiger partial charge in [0.25, 0.3) is 0 Å². The van der Waals surface area contributed by atoms with Gasteiger partial charge in [0.1, 0.15) is 11.4 Å². The first-order valence-electron chi connectivity index (χ1n) is 5.16. The van der Waals surface area contributed by atoms with Crippen molar-refractivity contribution < 1.29 is 9.63 Å². The zero-order valence-electron chi connectivity index (χ0n) is 9.21. The summed E-state index contributed by atoms with van der Waals surface area (Å²) in [5, 5.41) is 14.3. The van der Waals surface area contributed by atoms with E-state index < -0.39 is 0 Å². The van der Waals surface area contributed by atoms with E-state index in [1.54, 1.807) is 18.2 Å². The second-order valence-corrected chi connectivity index (χ2v) is 3.95. The van der Waals surface area contributed by atoms with Gasteiger partial charge in [-0.25, -0.2) is 0 Å². The van der Waals surface area contributed by atoms with E-state index in [9.17, 15) is 5.11 Å². The van der Waals surface area contributed by atoms with Crippen molar-refractivity contribution in [2.45, 2.75) is 0 Å². The molecule has 0 spiro atoms. The number of fused-ring (bicyclic) bond motifs is 1. The number of aromatic nitrogens is 2. The molecular formula is C12H11N3O2. The lowest BCUT2D eigenvalue weighted by molar-refractivity contribution is 0.438.